The van der Waals surface area contributed by atoms with Crippen molar-refractivity contribution in [2.24, 2.45) is 0 Å². The van der Waals surface area contributed by atoms with Gasteiger partial charge in [0.25, 0.3) is 0 Å². The van der Waals surface area contributed by atoms with Crippen molar-refractivity contribution in [3.8, 4) is 0 Å². The Balaban J connectivity index is -0.000000411. The first-order valence-corrected chi connectivity index (χ1v) is 11.9. The van der Waals surface area contributed by atoms with Crippen molar-refractivity contribution in [2.75, 3.05) is 26.2 Å². The van der Waals surface area contributed by atoms with E-state index in [4.69, 9.17) is 20.4 Å². The van der Waals surface area contributed by atoms with Crippen LogP contribution in [-0.2, 0) is 9.59 Å². The number of carbonyl (C=O) groups is 2. The molecule has 0 aromatic rings. The van der Waals surface area contributed by atoms with Gasteiger partial charge in [-0.15, -0.1) is 0 Å². The summed E-state index contributed by atoms with van der Waals surface area (Å²) in [6.07, 6.45) is 1.09. The standard InChI is InChI=1S/2C8H19N.C6H10O8/c2*1-3-5-7-9-8-6-4-2;7-1(3(9)5(11)12)2(8)4(10)6(13)14/h2*9H,3-8H2,1-2H3;1-4,7-10H,(H,11,12)(H,13,14)/t;;1-,2-,3-,4+/m..0/s1. The Kier molecular flexibility index (Phi) is 28.6. The number of carbonyl (C=O) groups excluding carboxylic acids is 2. The lowest BCUT2D eigenvalue weighted by Crippen LogP contribution is -2.84. The lowest BCUT2D eigenvalue weighted by atomic mass is 10.0. The summed E-state index contributed by atoms with van der Waals surface area (Å²) >= 11 is 0. The number of carboxylic acid groups (broad SMARTS) is 2. The summed E-state index contributed by atoms with van der Waals surface area (Å²) in [5.74, 6) is -4.22. The molecule has 0 heterocycles. The van der Waals surface area contributed by atoms with Crippen LogP contribution in [0, 0.1) is 0 Å². The van der Waals surface area contributed by atoms with E-state index in [0.29, 0.717) is 0 Å². The van der Waals surface area contributed by atoms with E-state index < -0.39 is 36.4 Å². The van der Waals surface area contributed by atoms with Gasteiger partial charge in [0.15, 0.2) is 0 Å². The van der Waals surface area contributed by atoms with E-state index in [-0.39, 0.29) is 0 Å². The van der Waals surface area contributed by atoms with E-state index >= 15 is 0 Å². The normalized spacial score (nSPS) is 14.1. The molecule has 10 nitrogen and oxygen atoms in total. The van der Waals surface area contributed by atoms with Gasteiger partial charge in [0.2, 0.25) is 0 Å². The Labute approximate surface area is 193 Å². The molecule has 0 bridgehead atoms. The van der Waals surface area contributed by atoms with Gasteiger partial charge in [-0.2, -0.15) is 0 Å². The monoisotopic (exact) mass is 468 g/mol. The Hall–Kier alpha value is -1.30. The third kappa shape index (κ3) is 23.4. The maximum atomic E-state index is 9.96. The van der Waals surface area contributed by atoms with Gasteiger partial charge < -0.3 is 50.9 Å². The molecule has 0 aromatic heterocycles. The predicted octanol–water partition coefficient (Wildman–Crippen LogP) is -3.77. The highest BCUT2D eigenvalue weighted by molar-refractivity contribution is 5.72. The van der Waals surface area contributed by atoms with Crippen molar-refractivity contribution >= 4 is 11.9 Å². The Morgan fingerprint density at radius 1 is 0.594 bits per heavy atom. The molecule has 32 heavy (non-hydrogen) atoms. The number of aliphatic hydroxyl groups excluding tert-OH is 4. The Bertz CT molecular complexity index is 377. The lowest BCUT2D eigenvalue weighted by Gasteiger charge is -2.27. The van der Waals surface area contributed by atoms with Gasteiger partial charge in [0.05, 0.1) is 38.1 Å². The number of aliphatic hydroxyl groups is 4. The van der Waals surface area contributed by atoms with E-state index in [0.717, 1.165) is 0 Å². The van der Waals surface area contributed by atoms with E-state index in [2.05, 4.69) is 38.3 Å². The second-order valence-electron chi connectivity index (χ2n) is 7.66. The lowest BCUT2D eigenvalue weighted by molar-refractivity contribution is -0.655. The molecule has 8 N–H and O–H groups in total. The SMILES string of the molecule is CCCC[NH2+]CCCC.CCCC[NH2+]CCCC.O=C([O-])[C@@H](O)[C@@H](O)[C@H](O)[C@@H](O)C(=O)[O-]. The van der Waals surface area contributed by atoms with E-state index in [9.17, 15) is 19.8 Å². The first kappa shape index (κ1) is 35.3. The number of hydrogen-bond acceptors (Lipinski definition) is 8. The van der Waals surface area contributed by atoms with Gasteiger partial charge in [-0.25, -0.2) is 0 Å². The summed E-state index contributed by atoms with van der Waals surface area (Å²) < 4.78 is 0. The summed E-state index contributed by atoms with van der Waals surface area (Å²) in [6.45, 7) is 14.3. The Morgan fingerprint density at radius 3 is 0.969 bits per heavy atom. The van der Waals surface area contributed by atoms with Crippen LogP contribution in [0.15, 0.2) is 0 Å². The average Bonchev–Trinajstić information content (AvgIpc) is 2.77. The van der Waals surface area contributed by atoms with Crippen molar-refractivity contribution in [1.82, 2.24) is 0 Å². The molecule has 0 radical (unpaired) electrons. The quantitative estimate of drug-likeness (QED) is 0.117. The van der Waals surface area contributed by atoms with Crippen molar-refractivity contribution < 1.29 is 50.9 Å². The average molecular weight is 469 g/mol. The topological polar surface area (TPSA) is 194 Å². The van der Waals surface area contributed by atoms with E-state index in [1.54, 1.807) is 0 Å². The first-order chi connectivity index (χ1) is 15.1. The fourth-order valence-electron chi connectivity index (χ4n) is 2.33. The summed E-state index contributed by atoms with van der Waals surface area (Å²) in [5, 5.41) is 59.6. The fraction of sp³-hybridized carbons (Fsp3) is 0.909. The Morgan fingerprint density at radius 2 is 0.812 bits per heavy atom. The largest absolute Gasteiger partial charge is 0.547 e. The van der Waals surface area contributed by atoms with Crippen molar-refractivity contribution in [3.63, 3.8) is 0 Å². The number of hydrogen-bond donors (Lipinski definition) is 6. The molecule has 0 rings (SSSR count). The molecule has 194 valence electrons. The van der Waals surface area contributed by atoms with Crippen LogP contribution >= 0.6 is 0 Å². The zero-order valence-electron chi connectivity index (χ0n) is 20.4. The molecular weight excluding hydrogens is 420 g/mol. The van der Waals surface area contributed by atoms with E-state index in [1.807, 2.05) is 0 Å². The molecule has 0 saturated heterocycles. The van der Waals surface area contributed by atoms with Crippen LogP contribution in [0.3, 0.4) is 0 Å². The second-order valence-corrected chi connectivity index (χ2v) is 7.66. The van der Waals surface area contributed by atoms with Crippen molar-refractivity contribution in [1.29, 1.82) is 0 Å². The highest BCUT2D eigenvalue weighted by Crippen LogP contribution is 2.04. The highest BCUT2D eigenvalue weighted by atomic mass is 16.4. The predicted molar refractivity (Wildman–Crippen MR) is 117 cm³/mol. The number of rotatable bonds is 17. The second kappa shape index (κ2) is 26.0. The molecule has 0 aromatic carbocycles. The van der Waals surface area contributed by atoms with Gasteiger partial charge in [0.1, 0.15) is 24.4 Å². The number of quaternary nitrogens is 2. The van der Waals surface area contributed by atoms with Crippen LogP contribution in [-0.4, -0.2) is 83.0 Å². The summed E-state index contributed by atoms with van der Waals surface area (Å²) in [4.78, 5) is 19.9. The smallest absolute Gasteiger partial charge is 0.122 e. The molecular formula is C22H48N2O8. The third-order valence-electron chi connectivity index (χ3n) is 4.53. The molecule has 0 unspecified atom stereocenters. The molecule has 0 aliphatic rings. The highest BCUT2D eigenvalue weighted by Gasteiger charge is 2.31. The minimum atomic E-state index is -2.50. The van der Waals surface area contributed by atoms with Crippen LogP contribution < -0.4 is 20.8 Å². The zero-order chi connectivity index (χ0) is 25.4. The molecule has 0 aliphatic carbocycles. The van der Waals surface area contributed by atoms with Crippen LogP contribution in [0.5, 0.6) is 0 Å². The summed E-state index contributed by atoms with van der Waals surface area (Å²) in [7, 11) is 0. The minimum Gasteiger partial charge on any atom is -0.547 e. The van der Waals surface area contributed by atoms with Crippen LogP contribution in [0.1, 0.15) is 79.1 Å². The number of carboxylic acids is 2. The van der Waals surface area contributed by atoms with Gasteiger partial charge in [-0.3, -0.25) is 0 Å². The zero-order valence-corrected chi connectivity index (χ0v) is 20.4. The van der Waals surface area contributed by atoms with Gasteiger partial charge in [-0.05, 0) is 25.7 Å². The molecule has 0 amide bonds. The van der Waals surface area contributed by atoms with Crippen LogP contribution in [0.25, 0.3) is 0 Å². The van der Waals surface area contributed by atoms with Crippen LogP contribution in [0.2, 0.25) is 0 Å². The first-order valence-electron chi connectivity index (χ1n) is 11.9. The number of aliphatic carboxylic acids is 2. The van der Waals surface area contributed by atoms with E-state index in [1.165, 1.54) is 77.5 Å². The number of nitrogens with two attached hydrogens (primary N) is 2. The van der Waals surface area contributed by atoms with Crippen LogP contribution in [0.4, 0.5) is 0 Å². The third-order valence-corrected chi connectivity index (χ3v) is 4.53. The van der Waals surface area contributed by atoms with Gasteiger partial charge in [-0.1, -0.05) is 53.4 Å². The molecule has 10 heteroatoms. The number of unbranched alkanes of at least 4 members (excludes halogenated alkanes) is 4. The summed E-state index contributed by atoms with van der Waals surface area (Å²) in [6, 6.07) is 0. The van der Waals surface area contributed by atoms with Crippen molar-refractivity contribution in [3.05, 3.63) is 0 Å². The molecule has 0 aliphatic heterocycles. The summed E-state index contributed by atoms with van der Waals surface area (Å²) in [5.41, 5.74) is 0. The van der Waals surface area contributed by atoms with Crippen molar-refractivity contribution in [2.45, 2.75) is 103 Å². The minimum absolute atomic E-state index is 1.33. The molecule has 0 fully saturated rings. The maximum absolute atomic E-state index is 9.96. The molecule has 4 atom stereocenters. The van der Waals surface area contributed by atoms with Gasteiger partial charge in [0, 0.05) is 0 Å². The molecule has 0 saturated carbocycles. The van der Waals surface area contributed by atoms with Gasteiger partial charge >= 0.3 is 0 Å². The maximum Gasteiger partial charge on any atom is 0.122 e. The molecule has 0 spiro atoms. The fourth-order valence-corrected chi connectivity index (χ4v) is 2.33.